The molecule has 4 rings (SSSR count). The highest BCUT2D eigenvalue weighted by Gasteiger charge is 2.25. The molecule has 0 amide bonds. The first-order valence-electron chi connectivity index (χ1n) is 7.57. The normalized spacial score (nSPS) is 16.8. The molecule has 1 atom stereocenters. The number of aliphatic hydroxyl groups excluding tert-OH is 1. The average molecular weight is 294 g/mol. The summed E-state index contributed by atoms with van der Waals surface area (Å²) < 4.78 is 1.24. The first-order chi connectivity index (χ1) is 10.3. The Morgan fingerprint density at radius 1 is 0.952 bits per heavy atom. The molecule has 3 aromatic rings. The van der Waals surface area contributed by atoms with Crippen molar-refractivity contribution in [1.82, 2.24) is 0 Å². The Morgan fingerprint density at radius 2 is 1.71 bits per heavy atom. The molecule has 0 saturated heterocycles. The van der Waals surface area contributed by atoms with Crippen molar-refractivity contribution in [2.75, 3.05) is 0 Å². The van der Waals surface area contributed by atoms with Gasteiger partial charge in [0.1, 0.15) is 6.10 Å². The number of hydrogen-bond acceptors (Lipinski definition) is 2. The largest absolute Gasteiger partial charge is 0.384 e. The maximum atomic E-state index is 10.9. The first kappa shape index (κ1) is 13.1. The first-order valence-corrected chi connectivity index (χ1v) is 8.45. The van der Waals surface area contributed by atoms with Gasteiger partial charge in [0.25, 0.3) is 0 Å². The van der Waals surface area contributed by atoms with Crippen LogP contribution in [0.5, 0.6) is 0 Å². The van der Waals surface area contributed by atoms with E-state index < -0.39 is 6.10 Å². The molecule has 1 aliphatic rings. The van der Waals surface area contributed by atoms with Crippen molar-refractivity contribution >= 4 is 21.4 Å². The molecule has 0 radical (unpaired) electrons. The third kappa shape index (κ3) is 2.19. The van der Waals surface area contributed by atoms with Crippen LogP contribution in [0.4, 0.5) is 0 Å². The molecule has 1 aromatic heterocycles. The number of thiophene rings is 1. The molecule has 2 heteroatoms. The lowest BCUT2D eigenvalue weighted by molar-refractivity contribution is 0.219. The predicted octanol–water partition coefficient (Wildman–Crippen LogP) is 5.25. The van der Waals surface area contributed by atoms with Crippen LogP contribution < -0.4 is 0 Å². The van der Waals surface area contributed by atoms with Crippen LogP contribution in [0.25, 0.3) is 10.1 Å². The van der Waals surface area contributed by atoms with E-state index in [4.69, 9.17) is 0 Å². The minimum Gasteiger partial charge on any atom is -0.384 e. The van der Waals surface area contributed by atoms with Gasteiger partial charge in [0.15, 0.2) is 0 Å². The summed E-state index contributed by atoms with van der Waals surface area (Å²) in [4.78, 5) is 0. The average Bonchev–Trinajstić information content (AvgIpc) is 2.89. The Kier molecular flexibility index (Phi) is 3.28. The Morgan fingerprint density at radius 3 is 2.52 bits per heavy atom. The Labute approximate surface area is 128 Å². The lowest BCUT2D eigenvalue weighted by Crippen LogP contribution is -2.13. The van der Waals surface area contributed by atoms with E-state index in [1.807, 2.05) is 12.1 Å². The van der Waals surface area contributed by atoms with Gasteiger partial charge in [0.2, 0.25) is 0 Å². The Balaban J connectivity index is 1.79. The molecule has 2 aromatic carbocycles. The van der Waals surface area contributed by atoms with Gasteiger partial charge in [-0.15, -0.1) is 11.3 Å². The van der Waals surface area contributed by atoms with E-state index in [0.29, 0.717) is 5.92 Å². The fraction of sp³-hybridized carbons (Fsp3) is 0.263. The zero-order valence-electron chi connectivity index (χ0n) is 11.8. The van der Waals surface area contributed by atoms with Crippen molar-refractivity contribution in [1.29, 1.82) is 0 Å². The van der Waals surface area contributed by atoms with Crippen molar-refractivity contribution in [3.63, 3.8) is 0 Å². The third-order valence-electron chi connectivity index (χ3n) is 4.64. The highest BCUT2D eigenvalue weighted by atomic mass is 32.1. The fourth-order valence-electron chi connectivity index (χ4n) is 3.23. The summed E-state index contributed by atoms with van der Waals surface area (Å²) in [6.45, 7) is 0. The maximum Gasteiger partial charge on any atom is 0.106 e. The second-order valence-electron chi connectivity index (χ2n) is 5.85. The summed E-state index contributed by atoms with van der Waals surface area (Å²) >= 11 is 1.71. The molecule has 1 N–H and O–H groups in total. The topological polar surface area (TPSA) is 20.2 Å². The van der Waals surface area contributed by atoms with Crippen LogP contribution in [0.1, 0.15) is 48.0 Å². The smallest absolute Gasteiger partial charge is 0.106 e. The van der Waals surface area contributed by atoms with Crippen LogP contribution in [-0.4, -0.2) is 5.11 Å². The molecule has 0 spiro atoms. The van der Waals surface area contributed by atoms with Crippen molar-refractivity contribution < 1.29 is 5.11 Å². The standard InChI is InChI=1S/C19H18OS/c20-19(17-12-21-18-11-4-3-9-15(17)18)16-10-2-1-8-14(16)13-6-5-7-13/h1-4,8-13,19-20H,5-7H2. The third-order valence-corrected chi connectivity index (χ3v) is 5.62. The van der Waals surface area contributed by atoms with E-state index >= 15 is 0 Å². The molecule has 1 aliphatic carbocycles. The number of rotatable bonds is 3. The van der Waals surface area contributed by atoms with E-state index in [-0.39, 0.29) is 0 Å². The summed E-state index contributed by atoms with van der Waals surface area (Å²) in [6, 6.07) is 16.7. The number of fused-ring (bicyclic) bond motifs is 1. The summed E-state index contributed by atoms with van der Waals surface area (Å²) in [7, 11) is 0. The van der Waals surface area contributed by atoms with Crippen molar-refractivity contribution in [2.45, 2.75) is 31.3 Å². The van der Waals surface area contributed by atoms with Crippen LogP contribution in [0, 0.1) is 0 Å². The second kappa shape index (κ2) is 5.28. The van der Waals surface area contributed by atoms with Crippen molar-refractivity contribution in [3.8, 4) is 0 Å². The molecule has 0 bridgehead atoms. The Bertz CT molecular complexity index is 770. The molecule has 1 nitrogen and oxygen atoms in total. The highest BCUT2D eigenvalue weighted by Crippen LogP contribution is 2.42. The van der Waals surface area contributed by atoms with E-state index in [1.54, 1.807) is 11.3 Å². The minimum atomic E-state index is -0.516. The van der Waals surface area contributed by atoms with Gasteiger partial charge in [-0.05, 0) is 46.7 Å². The van der Waals surface area contributed by atoms with Gasteiger partial charge in [0, 0.05) is 10.3 Å². The molecule has 1 unspecified atom stereocenters. The molecule has 106 valence electrons. The van der Waals surface area contributed by atoms with Crippen LogP contribution in [0.15, 0.2) is 53.9 Å². The molecule has 1 heterocycles. The molecule has 0 aliphatic heterocycles. The van der Waals surface area contributed by atoms with Gasteiger partial charge in [-0.25, -0.2) is 0 Å². The second-order valence-corrected chi connectivity index (χ2v) is 6.76. The molecule has 1 fully saturated rings. The zero-order valence-corrected chi connectivity index (χ0v) is 12.6. The lowest BCUT2D eigenvalue weighted by Gasteiger charge is -2.29. The van der Waals surface area contributed by atoms with Crippen molar-refractivity contribution in [2.24, 2.45) is 0 Å². The Hall–Kier alpha value is -1.64. The van der Waals surface area contributed by atoms with Gasteiger partial charge >= 0.3 is 0 Å². The monoisotopic (exact) mass is 294 g/mol. The van der Waals surface area contributed by atoms with Crippen LogP contribution >= 0.6 is 11.3 Å². The van der Waals surface area contributed by atoms with Gasteiger partial charge in [-0.3, -0.25) is 0 Å². The number of aliphatic hydroxyl groups is 1. The fourth-order valence-corrected chi connectivity index (χ4v) is 4.21. The van der Waals surface area contributed by atoms with E-state index in [0.717, 1.165) is 11.1 Å². The van der Waals surface area contributed by atoms with Gasteiger partial charge < -0.3 is 5.11 Å². The molecular formula is C19H18OS. The summed E-state index contributed by atoms with van der Waals surface area (Å²) in [5, 5.41) is 14.2. The van der Waals surface area contributed by atoms with Gasteiger partial charge in [-0.1, -0.05) is 48.9 Å². The van der Waals surface area contributed by atoms with Crippen LogP contribution in [-0.2, 0) is 0 Å². The van der Waals surface area contributed by atoms with Gasteiger partial charge in [0.05, 0.1) is 0 Å². The van der Waals surface area contributed by atoms with E-state index in [9.17, 15) is 5.11 Å². The van der Waals surface area contributed by atoms with Crippen LogP contribution in [0.3, 0.4) is 0 Å². The molecular weight excluding hydrogens is 276 g/mol. The summed E-state index contributed by atoms with van der Waals surface area (Å²) in [6.07, 6.45) is 3.32. The van der Waals surface area contributed by atoms with Gasteiger partial charge in [-0.2, -0.15) is 0 Å². The maximum absolute atomic E-state index is 10.9. The quantitative estimate of drug-likeness (QED) is 0.699. The predicted molar refractivity (Wildman–Crippen MR) is 88.9 cm³/mol. The molecule has 1 saturated carbocycles. The van der Waals surface area contributed by atoms with Crippen molar-refractivity contribution in [3.05, 3.63) is 70.6 Å². The highest BCUT2D eigenvalue weighted by molar-refractivity contribution is 7.17. The number of benzene rings is 2. The SMILES string of the molecule is OC(c1ccccc1C1CCC1)c1csc2ccccc12. The van der Waals surface area contributed by atoms with E-state index in [2.05, 4.69) is 41.8 Å². The summed E-state index contributed by atoms with van der Waals surface area (Å²) in [5.41, 5.74) is 3.47. The molecule has 21 heavy (non-hydrogen) atoms. The van der Waals surface area contributed by atoms with Crippen LogP contribution in [0.2, 0.25) is 0 Å². The number of hydrogen-bond donors (Lipinski definition) is 1. The minimum absolute atomic E-state index is 0.516. The van der Waals surface area contributed by atoms with E-state index in [1.165, 1.54) is 34.9 Å². The summed E-state index contributed by atoms with van der Waals surface area (Å²) in [5.74, 6) is 0.640. The lowest BCUT2D eigenvalue weighted by atomic mass is 9.77. The zero-order chi connectivity index (χ0) is 14.2.